The highest BCUT2D eigenvalue weighted by Gasteiger charge is 2.20. The summed E-state index contributed by atoms with van der Waals surface area (Å²) in [5.41, 5.74) is 2.53. The Morgan fingerprint density at radius 2 is 2.00 bits per heavy atom. The Bertz CT molecular complexity index is 1210. The molecule has 0 saturated carbocycles. The SMILES string of the molecule is CCn1c(C#N)c(-c2cnn(COCC[Si](C)(C)C)c2)c2cc(C#CC(C)(C)O)ncc21. The van der Waals surface area contributed by atoms with Crippen LogP contribution in [0.4, 0.5) is 0 Å². The lowest BCUT2D eigenvalue weighted by atomic mass is 10.1. The van der Waals surface area contributed by atoms with Crippen LogP contribution in [0.15, 0.2) is 24.7 Å². The Kier molecular flexibility index (Phi) is 6.90. The predicted octanol–water partition coefficient (Wildman–Crippen LogP) is 4.23. The minimum atomic E-state index is -1.14. The van der Waals surface area contributed by atoms with Crippen LogP contribution in [0.2, 0.25) is 25.7 Å². The molecule has 0 aromatic carbocycles. The molecule has 32 heavy (non-hydrogen) atoms. The number of aromatic nitrogens is 4. The molecule has 0 fully saturated rings. The third-order valence-electron chi connectivity index (χ3n) is 5.01. The van der Waals surface area contributed by atoms with Gasteiger partial charge in [-0.15, -0.1) is 0 Å². The Balaban J connectivity index is 1.99. The smallest absolute Gasteiger partial charge is 0.139 e. The van der Waals surface area contributed by atoms with E-state index >= 15 is 0 Å². The molecule has 0 aliphatic rings. The Labute approximate surface area is 190 Å². The highest BCUT2D eigenvalue weighted by Crippen LogP contribution is 2.34. The number of rotatable bonds is 7. The zero-order chi connectivity index (χ0) is 23.5. The lowest BCUT2D eigenvalue weighted by molar-refractivity contribution is 0.0786. The van der Waals surface area contributed by atoms with Crippen LogP contribution in [0, 0.1) is 23.2 Å². The molecule has 0 amide bonds. The molecule has 7 nitrogen and oxygen atoms in total. The van der Waals surface area contributed by atoms with Crippen LogP contribution in [0.1, 0.15) is 32.2 Å². The molecule has 3 aromatic heterocycles. The van der Waals surface area contributed by atoms with Gasteiger partial charge in [0.1, 0.15) is 29.8 Å². The van der Waals surface area contributed by atoms with Gasteiger partial charge in [0.25, 0.3) is 0 Å². The van der Waals surface area contributed by atoms with Crippen molar-refractivity contribution in [1.29, 1.82) is 5.26 Å². The summed E-state index contributed by atoms with van der Waals surface area (Å²) in [5, 5.41) is 25.2. The van der Waals surface area contributed by atoms with Crippen molar-refractivity contribution in [2.24, 2.45) is 0 Å². The first-order valence-corrected chi connectivity index (χ1v) is 14.5. The molecule has 168 valence electrons. The first kappa shape index (κ1) is 23.7. The summed E-state index contributed by atoms with van der Waals surface area (Å²) < 4.78 is 9.52. The van der Waals surface area contributed by atoms with Crippen LogP contribution in [0.25, 0.3) is 22.0 Å². The largest absolute Gasteiger partial charge is 0.378 e. The maximum atomic E-state index is 9.93. The number of nitrogens with zero attached hydrogens (tertiary/aromatic N) is 5. The maximum Gasteiger partial charge on any atom is 0.139 e. The topological polar surface area (TPSA) is 88.9 Å². The third-order valence-corrected chi connectivity index (χ3v) is 6.71. The van der Waals surface area contributed by atoms with Crippen LogP contribution in [-0.2, 0) is 18.0 Å². The Hall–Kier alpha value is -2.91. The Morgan fingerprint density at radius 1 is 1.25 bits per heavy atom. The van der Waals surface area contributed by atoms with Crippen molar-refractivity contribution in [1.82, 2.24) is 19.3 Å². The van der Waals surface area contributed by atoms with Gasteiger partial charge in [-0.1, -0.05) is 25.6 Å². The quantitative estimate of drug-likeness (QED) is 0.331. The average molecular weight is 450 g/mol. The molecule has 0 atom stereocenters. The van der Waals surface area contributed by atoms with Crippen LogP contribution >= 0.6 is 0 Å². The summed E-state index contributed by atoms with van der Waals surface area (Å²) in [7, 11) is -1.14. The zero-order valence-electron chi connectivity index (χ0n) is 19.7. The number of ether oxygens (including phenoxy) is 1. The number of nitriles is 1. The van der Waals surface area contributed by atoms with Crippen LogP contribution in [0.5, 0.6) is 0 Å². The third kappa shape index (κ3) is 5.66. The standard InChI is InChI=1S/C24H31N5O2Si/c1-7-29-21(13-25)23(18-14-27-28(16-18)17-31-10-11-32(4,5)6)20-12-19(26-15-22(20)29)8-9-24(2,3)30/h12,14-16,30H,7,10-11,17H2,1-6H3. The van der Waals surface area contributed by atoms with E-state index in [0.717, 1.165) is 34.7 Å². The number of fused-ring (bicyclic) bond motifs is 1. The summed E-state index contributed by atoms with van der Waals surface area (Å²) in [4.78, 5) is 4.42. The highest BCUT2D eigenvalue weighted by molar-refractivity contribution is 6.76. The van der Waals surface area contributed by atoms with E-state index in [4.69, 9.17) is 4.74 Å². The van der Waals surface area contributed by atoms with E-state index in [1.807, 2.05) is 23.8 Å². The van der Waals surface area contributed by atoms with Gasteiger partial charge in [0.05, 0.1) is 17.9 Å². The van der Waals surface area contributed by atoms with Gasteiger partial charge in [-0.3, -0.25) is 0 Å². The van der Waals surface area contributed by atoms with Crippen molar-refractivity contribution in [3.05, 3.63) is 36.0 Å². The summed E-state index contributed by atoms with van der Waals surface area (Å²) >= 11 is 0. The lowest BCUT2D eigenvalue weighted by Crippen LogP contribution is -2.22. The highest BCUT2D eigenvalue weighted by atomic mass is 28.3. The summed E-state index contributed by atoms with van der Waals surface area (Å²) in [6.07, 6.45) is 5.41. The first-order chi connectivity index (χ1) is 15.0. The van der Waals surface area contributed by atoms with E-state index in [0.29, 0.717) is 24.7 Å². The fourth-order valence-electron chi connectivity index (χ4n) is 3.37. The number of hydrogen-bond donors (Lipinski definition) is 1. The summed E-state index contributed by atoms with van der Waals surface area (Å²) in [5.74, 6) is 5.73. The van der Waals surface area contributed by atoms with E-state index in [2.05, 4.69) is 47.6 Å². The van der Waals surface area contributed by atoms with Crippen molar-refractivity contribution < 1.29 is 9.84 Å². The van der Waals surface area contributed by atoms with Gasteiger partial charge in [0.2, 0.25) is 0 Å². The molecule has 0 unspecified atom stereocenters. The number of hydrogen-bond acceptors (Lipinski definition) is 5. The fraction of sp³-hybridized carbons (Fsp3) is 0.458. The monoisotopic (exact) mass is 449 g/mol. The first-order valence-electron chi connectivity index (χ1n) is 10.8. The van der Waals surface area contributed by atoms with Gasteiger partial charge in [-0.2, -0.15) is 10.4 Å². The molecule has 0 spiro atoms. The molecule has 0 aliphatic heterocycles. The van der Waals surface area contributed by atoms with Gasteiger partial charge in [0.15, 0.2) is 0 Å². The summed E-state index contributed by atoms with van der Waals surface area (Å²) in [6, 6.07) is 5.33. The van der Waals surface area contributed by atoms with Crippen molar-refractivity contribution in [3.63, 3.8) is 0 Å². The van der Waals surface area contributed by atoms with Gasteiger partial charge in [-0.05, 0) is 38.8 Å². The van der Waals surface area contributed by atoms with Gasteiger partial charge in [-0.25, -0.2) is 9.67 Å². The van der Waals surface area contributed by atoms with Crippen molar-refractivity contribution in [3.8, 4) is 29.0 Å². The van der Waals surface area contributed by atoms with Crippen molar-refractivity contribution >= 4 is 19.0 Å². The fourth-order valence-corrected chi connectivity index (χ4v) is 4.13. The molecular weight excluding hydrogens is 418 g/mol. The lowest BCUT2D eigenvalue weighted by Gasteiger charge is -2.15. The number of aliphatic hydroxyl groups is 1. The van der Waals surface area contributed by atoms with E-state index < -0.39 is 13.7 Å². The molecule has 3 heterocycles. The zero-order valence-corrected chi connectivity index (χ0v) is 20.7. The van der Waals surface area contributed by atoms with Gasteiger partial charge >= 0.3 is 0 Å². The molecule has 0 radical (unpaired) electrons. The molecule has 1 N–H and O–H groups in total. The molecule has 3 aromatic rings. The number of pyridine rings is 1. The molecule has 0 saturated heterocycles. The molecule has 0 aliphatic carbocycles. The second-order valence-corrected chi connectivity index (χ2v) is 15.2. The van der Waals surface area contributed by atoms with Gasteiger partial charge in [0, 0.05) is 43.9 Å². The molecule has 8 heteroatoms. The maximum absolute atomic E-state index is 9.93. The van der Waals surface area contributed by atoms with Gasteiger partial charge < -0.3 is 14.4 Å². The normalized spacial score (nSPS) is 11.9. The van der Waals surface area contributed by atoms with E-state index in [9.17, 15) is 10.4 Å². The molecule has 3 rings (SSSR count). The van der Waals surface area contributed by atoms with Crippen LogP contribution in [-0.4, -0.2) is 44.7 Å². The second-order valence-electron chi connectivity index (χ2n) is 9.59. The average Bonchev–Trinajstić information content (AvgIpc) is 3.29. The molecular formula is C24H31N5O2Si. The Morgan fingerprint density at radius 3 is 2.62 bits per heavy atom. The van der Waals surface area contributed by atoms with Crippen LogP contribution < -0.4 is 0 Å². The van der Waals surface area contributed by atoms with Crippen LogP contribution in [0.3, 0.4) is 0 Å². The summed E-state index contributed by atoms with van der Waals surface area (Å²) in [6.45, 7) is 14.0. The van der Waals surface area contributed by atoms with E-state index in [-0.39, 0.29) is 0 Å². The van der Waals surface area contributed by atoms with Crippen molar-refractivity contribution in [2.75, 3.05) is 6.61 Å². The minimum Gasteiger partial charge on any atom is -0.378 e. The number of aryl methyl sites for hydroxylation is 1. The predicted molar refractivity (Wildman–Crippen MR) is 129 cm³/mol. The minimum absolute atomic E-state index is 0.378. The van der Waals surface area contributed by atoms with E-state index in [1.165, 1.54) is 0 Å². The molecule has 0 bridgehead atoms. The second kappa shape index (κ2) is 9.29. The van der Waals surface area contributed by atoms with E-state index in [1.54, 1.807) is 30.9 Å². The van der Waals surface area contributed by atoms with Crippen molar-refractivity contribution in [2.45, 2.75) is 65.3 Å².